The Labute approximate surface area is 143 Å². The van der Waals surface area contributed by atoms with Crippen LogP contribution in [-0.4, -0.2) is 51.9 Å². The Bertz CT molecular complexity index is 924. The van der Waals surface area contributed by atoms with Crippen molar-refractivity contribution in [3.63, 3.8) is 0 Å². The molecule has 4 rings (SSSR count). The molecule has 1 fully saturated rings. The average Bonchev–Trinajstić information content (AvgIpc) is 2.67. The molecule has 0 N–H and O–H groups in total. The maximum absolute atomic E-state index is 13.9. The zero-order valence-electron chi connectivity index (χ0n) is 13.5. The minimum absolute atomic E-state index is 0.0896. The summed E-state index contributed by atoms with van der Waals surface area (Å²) in [4.78, 5) is 28.9. The van der Waals surface area contributed by atoms with Crippen molar-refractivity contribution in [3.05, 3.63) is 60.3 Å². The van der Waals surface area contributed by atoms with Gasteiger partial charge in [0, 0.05) is 44.8 Å². The number of hydrogen-bond donors (Lipinski definition) is 0. The predicted octanol–water partition coefficient (Wildman–Crippen LogP) is 2.13. The van der Waals surface area contributed by atoms with Gasteiger partial charge in [-0.1, -0.05) is 12.1 Å². The number of benzene rings is 1. The fourth-order valence-electron chi connectivity index (χ4n) is 3.02. The van der Waals surface area contributed by atoms with Crippen molar-refractivity contribution in [1.29, 1.82) is 0 Å². The maximum Gasteiger partial charge on any atom is 0.255 e. The van der Waals surface area contributed by atoms with Crippen LogP contribution in [0.2, 0.25) is 0 Å². The Kier molecular flexibility index (Phi) is 3.97. The number of fused-ring (bicyclic) bond motifs is 1. The van der Waals surface area contributed by atoms with Crippen LogP contribution in [0.15, 0.2) is 48.9 Å². The fourth-order valence-corrected chi connectivity index (χ4v) is 3.02. The molecule has 1 saturated heterocycles. The van der Waals surface area contributed by atoms with Gasteiger partial charge in [-0.15, -0.1) is 0 Å². The molecule has 1 aliphatic heterocycles. The lowest BCUT2D eigenvalue weighted by atomic mass is 10.2. The number of amides is 1. The molecule has 0 spiro atoms. The second-order valence-corrected chi connectivity index (χ2v) is 5.85. The molecule has 1 aliphatic rings. The van der Waals surface area contributed by atoms with Crippen LogP contribution in [0, 0.1) is 5.82 Å². The van der Waals surface area contributed by atoms with Crippen molar-refractivity contribution >= 4 is 22.8 Å². The van der Waals surface area contributed by atoms with Gasteiger partial charge in [-0.3, -0.25) is 9.78 Å². The zero-order valence-corrected chi connectivity index (χ0v) is 13.5. The van der Waals surface area contributed by atoms with E-state index in [4.69, 9.17) is 0 Å². The third kappa shape index (κ3) is 3.00. The second-order valence-electron chi connectivity index (χ2n) is 5.85. The first-order valence-corrected chi connectivity index (χ1v) is 8.08. The molecule has 7 heteroatoms. The van der Waals surface area contributed by atoms with E-state index in [2.05, 4.69) is 15.0 Å². The first kappa shape index (κ1) is 15.4. The van der Waals surface area contributed by atoms with E-state index in [1.165, 1.54) is 12.3 Å². The van der Waals surface area contributed by atoms with Gasteiger partial charge in [-0.25, -0.2) is 14.4 Å². The number of rotatable bonds is 2. The van der Waals surface area contributed by atoms with E-state index in [-0.39, 0.29) is 11.7 Å². The highest BCUT2D eigenvalue weighted by Gasteiger charge is 2.24. The Morgan fingerprint density at radius 3 is 2.56 bits per heavy atom. The summed E-state index contributed by atoms with van der Waals surface area (Å²) in [6.45, 7) is 2.25. The number of aromatic nitrogens is 3. The lowest BCUT2D eigenvalue weighted by molar-refractivity contribution is 0.0746. The van der Waals surface area contributed by atoms with Gasteiger partial charge in [0.15, 0.2) is 5.65 Å². The van der Waals surface area contributed by atoms with Crippen molar-refractivity contribution < 1.29 is 9.18 Å². The molecule has 1 amide bonds. The van der Waals surface area contributed by atoms with E-state index in [1.54, 1.807) is 35.5 Å². The molecule has 3 aromatic rings. The van der Waals surface area contributed by atoms with Crippen LogP contribution in [0.5, 0.6) is 0 Å². The van der Waals surface area contributed by atoms with Gasteiger partial charge in [0.25, 0.3) is 5.91 Å². The van der Waals surface area contributed by atoms with Gasteiger partial charge >= 0.3 is 0 Å². The van der Waals surface area contributed by atoms with E-state index in [0.29, 0.717) is 48.6 Å². The third-order valence-electron chi connectivity index (χ3n) is 4.33. The summed E-state index contributed by atoms with van der Waals surface area (Å²) in [6.07, 6.45) is 4.67. The highest BCUT2D eigenvalue weighted by molar-refractivity contribution is 5.96. The number of para-hydroxylation sites is 1. The van der Waals surface area contributed by atoms with Crippen molar-refractivity contribution in [2.75, 3.05) is 31.1 Å². The van der Waals surface area contributed by atoms with Gasteiger partial charge < -0.3 is 9.80 Å². The molecule has 3 heterocycles. The zero-order chi connectivity index (χ0) is 17.2. The van der Waals surface area contributed by atoms with Crippen molar-refractivity contribution in [2.24, 2.45) is 0 Å². The van der Waals surface area contributed by atoms with Gasteiger partial charge in [0.1, 0.15) is 11.3 Å². The van der Waals surface area contributed by atoms with E-state index in [9.17, 15) is 9.18 Å². The predicted molar refractivity (Wildman–Crippen MR) is 91.8 cm³/mol. The molecule has 0 saturated carbocycles. The fraction of sp³-hybridized carbons (Fsp3) is 0.222. The molecule has 0 aliphatic carbocycles. The molecular weight excluding hydrogens is 321 g/mol. The summed E-state index contributed by atoms with van der Waals surface area (Å²) < 4.78 is 13.9. The molecule has 6 nitrogen and oxygen atoms in total. The minimum Gasteiger partial charge on any atom is -0.366 e. The van der Waals surface area contributed by atoms with Crippen LogP contribution >= 0.6 is 0 Å². The number of hydrogen-bond acceptors (Lipinski definition) is 5. The topological polar surface area (TPSA) is 62.2 Å². The van der Waals surface area contributed by atoms with Crippen molar-refractivity contribution in [3.8, 4) is 0 Å². The number of halogens is 1. The van der Waals surface area contributed by atoms with Gasteiger partial charge in [-0.05, 0) is 18.2 Å². The van der Waals surface area contributed by atoms with Crippen LogP contribution in [0.1, 0.15) is 10.4 Å². The SMILES string of the molecule is O=C(c1cnc2nccnc2c1)N1CCN(c2ccccc2F)CC1. The van der Waals surface area contributed by atoms with Crippen LogP contribution in [0.25, 0.3) is 11.2 Å². The van der Waals surface area contributed by atoms with Crippen LogP contribution in [0.3, 0.4) is 0 Å². The first-order chi connectivity index (χ1) is 12.2. The van der Waals surface area contributed by atoms with Crippen molar-refractivity contribution in [2.45, 2.75) is 0 Å². The molecule has 0 bridgehead atoms. The highest BCUT2D eigenvalue weighted by Crippen LogP contribution is 2.21. The van der Waals surface area contributed by atoms with Crippen LogP contribution < -0.4 is 4.90 Å². The molecule has 0 radical (unpaired) electrons. The summed E-state index contributed by atoms with van der Waals surface area (Å²) in [7, 11) is 0. The maximum atomic E-state index is 13.9. The average molecular weight is 337 g/mol. The van der Waals surface area contributed by atoms with E-state index in [0.717, 1.165) is 0 Å². The molecule has 1 aromatic carbocycles. The number of nitrogens with zero attached hydrogens (tertiary/aromatic N) is 5. The van der Waals surface area contributed by atoms with Gasteiger partial charge in [-0.2, -0.15) is 0 Å². The van der Waals surface area contributed by atoms with E-state index in [1.807, 2.05) is 11.0 Å². The number of anilines is 1. The minimum atomic E-state index is -0.236. The lowest BCUT2D eigenvalue weighted by Gasteiger charge is -2.36. The number of carbonyl (C=O) groups excluding carboxylic acids is 1. The van der Waals surface area contributed by atoms with Gasteiger partial charge in [0.05, 0.1) is 11.3 Å². The Morgan fingerprint density at radius 1 is 1.00 bits per heavy atom. The van der Waals surface area contributed by atoms with Gasteiger partial charge in [0.2, 0.25) is 0 Å². The number of pyridine rings is 1. The second kappa shape index (κ2) is 6.43. The monoisotopic (exact) mass is 337 g/mol. The lowest BCUT2D eigenvalue weighted by Crippen LogP contribution is -2.49. The Balaban J connectivity index is 1.48. The van der Waals surface area contributed by atoms with Crippen LogP contribution in [0.4, 0.5) is 10.1 Å². The summed E-state index contributed by atoms with van der Waals surface area (Å²) in [5.74, 6) is -0.326. The van der Waals surface area contributed by atoms with Crippen LogP contribution in [-0.2, 0) is 0 Å². The molecular formula is C18H16FN5O. The molecule has 2 aromatic heterocycles. The molecule has 25 heavy (non-hydrogen) atoms. The number of carbonyl (C=O) groups is 1. The largest absolute Gasteiger partial charge is 0.366 e. The first-order valence-electron chi connectivity index (χ1n) is 8.08. The summed E-state index contributed by atoms with van der Waals surface area (Å²) >= 11 is 0. The normalized spacial score (nSPS) is 14.8. The van der Waals surface area contributed by atoms with E-state index >= 15 is 0 Å². The third-order valence-corrected chi connectivity index (χ3v) is 4.33. The standard InChI is InChI=1S/C18H16FN5O/c19-14-3-1-2-4-16(14)23-7-9-24(10-8-23)18(25)13-11-15-17(22-12-13)21-6-5-20-15/h1-6,11-12H,7-10H2. The molecule has 0 atom stereocenters. The smallest absolute Gasteiger partial charge is 0.255 e. The summed E-state index contributed by atoms with van der Waals surface area (Å²) in [5, 5.41) is 0. The highest BCUT2D eigenvalue weighted by atomic mass is 19.1. The molecule has 126 valence electrons. The Hall–Kier alpha value is -3.09. The quantitative estimate of drug-likeness (QED) is 0.717. The van der Waals surface area contributed by atoms with E-state index < -0.39 is 0 Å². The van der Waals surface area contributed by atoms with Crippen molar-refractivity contribution in [1.82, 2.24) is 19.9 Å². The summed E-state index contributed by atoms with van der Waals surface area (Å²) in [6, 6.07) is 8.42. The molecule has 0 unspecified atom stereocenters. The Morgan fingerprint density at radius 2 is 1.76 bits per heavy atom. The summed E-state index contributed by atoms with van der Waals surface area (Å²) in [5.41, 5.74) is 2.19. The number of piperazine rings is 1.